The van der Waals surface area contributed by atoms with Gasteiger partial charge in [-0.15, -0.1) is 0 Å². The third kappa shape index (κ3) is 3.76. The zero-order valence-electron chi connectivity index (χ0n) is 13.4. The molecule has 0 radical (unpaired) electrons. The van der Waals surface area contributed by atoms with Gasteiger partial charge in [0.25, 0.3) is 0 Å². The van der Waals surface area contributed by atoms with Gasteiger partial charge in [-0.3, -0.25) is 9.59 Å². The van der Waals surface area contributed by atoms with E-state index in [2.05, 4.69) is 10.4 Å². The highest BCUT2D eigenvalue weighted by molar-refractivity contribution is 6.30. The van der Waals surface area contributed by atoms with Crippen LogP contribution >= 0.6 is 11.6 Å². The van der Waals surface area contributed by atoms with Crippen LogP contribution in [0.25, 0.3) is 5.69 Å². The molecule has 1 atom stereocenters. The molecule has 1 aromatic heterocycles. The first kappa shape index (κ1) is 16.5. The van der Waals surface area contributed by atoms with Crippen molar-refractivity contribution in [3.63, 3.8) is 0 Å². The highest BCUT2D eigenvalue weighted by Crippen LogP contribution is 2.16. The highest BCUT2D eigenvalue weighted by Gasteiger charge is 2.27. The SMILES string of the molecule is CN(Cc1cnn(-c2cccc(Cl)c2)c1)C(=O)[C@H]1CCCC(=O)N1. The van der Waals surface area contributed by atoms with Crippen LogP contribution in [0.4, 0.5) is 0 Å². The number of piperidine rings is 1. The summed E-state index contributed by atoms with van der Waals surface area (Å²) in [5.74, 6) is -0.125. The number of amides is 2. The van der Waals surface area contributed by atoms with Gasteiger partial charge in [0.15, 0.2) is 0 Å². The molecule has 126 valence electrons. The van der Waals surface area contributed by atoms with Crippen molar-refractivity contribution < 1.29 is 9.59 Å². The number of rotatable bonds is 4. The zero-order chi connectivity index (χ0) is 17.1. The Morgan fingerprint density at radius 3 is 3.08 bits per heavy atom. The first-order valence-electron chi connectivity index (χ1n) is 7.87. The number of likely N-dealkylation sites (N-methyl/N-ethyl adjacent to an activating group) is 1. The number of aromatic nitrogens is 2. The molecule has 0 unspecified atom stereocenters. The van der Waals surface area contributed by atoms with E-state index in [1.807, 2.05) is 24.4 Å². The van der Waals surface area contributed by atoms with Gasteiger partial charge in [0.2, 0.25) is 11.8 Å². The lowest BCUT2D eigenvalue weighted by Crippen LogP contribution is -2.49. The summed E-state index contributed by atoms with van der Waals surface area (Å²) < 4.78 is 1.72. The van der Waals surface area contributed by atoms with Gasteiger partial charge in [-0.25, -0.2) is 4.68 Å². The van der Waals surface area contributed by atoms with E-state index in [1.165, 1.54) is 0 Å². The van der Waals surface area contributed by atoms with Gasteiger partial charge in [-0.05, 0) is 31.0 Å². The second kappa shape index (κ2) is 7.05. The Labute approximate surface area is 145 Å². The Hall–Kier alpha value is -2.34. The lowest BCUT2D eigenvalue weighted by atomic mass is 10.0. The van der Waals surface area contributed by atoms with E-state index in [0.717, 1.165) is 17.7 Å². The van der Waals surface area contributed by atoms with Crippen molar-refractivity contribution in [2.45, 2.75) is 31.8 Å². The average molecular weight is 347 g/mol. The van der Waals surface area contributed by atoms with Gasteiger partial charge < -0.3 is 10.2 Å². The third-order valence-electron chi connectivity index (χ3n) is 4.03. The van der Waals surface area contributed by atoms with Crippen LogP contribution in [0.1, 0.15) is 24.8 Å². The summed E-state index contributed by atoms with van der Waals surface area (Å²) >= 11 is 6.00. The standard InChI is InChI=1S/C17H19ClN4O2/c1-21(17(24)15-6-3-7-16(23)20-15)10-12-9-19-22(11-12)14-5-2-4-13(18)8-14/h2,4-5,8-9,11,15H,3,6-7,10H2,1H3,(H,20,23)/t15-/m1/s1. The molecule has 0 aliphatic carbocycles. The Kier molecular flexibility index (Phi) is 4.85. The fourth-order valence-electron chi connectivity index (χ4n) is 2.81. The molecule has 3 rings (SSSR count). The minimum Gasteiger partial charge on any atom is -0.344 e. The van der Waals surface area contributed by atoms with E-state index in [9.17, 15) is 9.59 Å². The molecular formula is C17H19ClN4O2. The maximum atomic E-state index is 12.4. The van der Waals surface area contributed by atoms with Crippen molar-refractivity contribution in [1.29, 1.82) is 0 Å². The van der Waals surface area contributed by atoms with Crippen molar-refractivity contribution in [2.24, 2.45) is 0 Å². The van der Waals surface area contributed by atoms with E-state index in [4.69, 9.17) is 11.6 Å². The lowest BCUT2D eigenvalue weighted by molar-refractivity contribution is -0.137. The molecule has 1 aliphatic rings. The minimum atomic E-state index is -0.417. The summed E-state index contributed by atoms with van der Waals surface area (Å²) in [5, 5.41) is 7.71. The van der Waals surface area contributed by atoms with Gasteiger partial charge in [-0.1, -0.05) is 17.7 Å². The van der Waals surface area contributed by atoms with Crippen LogP contribution in [0, 0.1) is 0 Å². The fourth-order valence-corrected chi connectivity index (χ4v) is 2.99. The molecular weight excluding hydrogens is 328 g/mol. The molecule has 0 bridgehead atoms. The number of nitrogens with one attached hydrogen (secondary N) is 1. The summed E-state index contributed by atoms with van der Waals surface area (Å²) in [6, 6.07) is 6.99. The van der Waals surface area contributed by atoms with Crippen molar-refractivity contribution in [3.8, 4) is 5.69 Å². The molecule has 1 fully saturated rings. The van der Waals surface area contributed by atoms with Gasteiger partial charge in [0.05, 0.1) is 11.9 Å². The van der Waals surface area contributed by atoms with Crippen molar-refractivity contribution in [2.75, 3.05) is 7.05 Å². The molecule has 1 aromatic carbocycles. The topological polar surface area (TPSA) is 67.2 Å². The maximum Gasteiger partial charge on any atom is 0.245 e. The number of hydrogen-bond acceptors (Lipinski definition) is 3. The van der Waals surface area contributed by atoms with E-state index in [0.29, 0.717) is 24.4 Å². The quantitative estimate of drug-likeness (QED) is 0.922. The van der Waals surface area contributed by atoms with Crippen LogP contribution in [0.2, 0.25) is 5.02 Å². The fraction of sp³-hybridized carbons (Fsp3) is 0.353. The summed E-state index contributed by atoms with van der Waals surface area (Å²) in [5.41, 5.74) is 1.77. The Morgan fingerprint density at radius 1 is 1.50 bits per heavy atom. The number of halogens is 1. The van der Waals surface area contributed by atoms with Crippen LogP contribution in [0.5, 0.6) is 0 Å². The first-order valence-corrected chi connectivity index (χ1v) is 8.24. The number of benzene rings is 1. The molecule has 1 saturated heterocycles. The van der Waals surface area contributed by atoms with Gasteiger partial charge in [0, 0.05) is 36.8 Å². The number of nitrogens with zero attached hydrogens (tertiary/aromatic N) is 3. The van der Waals surface area contributed by atoms with E-state index >= 15 is 0 Å². The Morgan fingerprint density at radius 2 is 2.33 bits per heavy atom. The van der Waals surface area contributed by atoms with E-state index < -0.39 is 6.04 Å². The largest absolute Gasteiger partial charge is 0.344 e. The molecule has 0 spiro atoms. The summed E-state index contributed by atoms with van der Waals surface area (Å²) in [4.78, 5) is 25.5. The summed E-state index contributed by atoms with van der Waals surface area (Å²) in [6.07, 6.45) is 5.54. The first-order chi connectivity index (χ1) is 11.5. The van der Waals surface area contributed by atoms with Crippen LogP contribution < -0.4 is 5.32 Å². The molecule has 2 amide bonds. The number of hydrogen-bond donors (Lipinski definition) is 1. The smallest absolute Gasteiger partial charge is 0.245 e. The monoisotopic (exact) mass is 346 g/mol. The lowest BCUT2D eigenvalue weighted by Gasteiger charge is -2.27. The van der Waals surface area contributed by atoms with Crippen LogP contribution in [-0.2, 0) is 16.1 Å². The van der Waals surface area contributed by atoms with Crippen molar-refractivity contribution in [3.05, 3.63) is 47.2 Å². The average Bonchev–Trinajstić information content (AvgIpc) is 3.02. The maximum absolute atomic E-state index is 12.4. The molecule has 0 saturated carbocycles. The predicted octanol–water partition coefficient (Wildman–Crippen LogP) is 2.15. The van der Waals surface area contributed by atoms with Crippen LogP contribution in [-0.4, -0.2) is 39.6 Å². The van der Waals surface area contributed by atoms with Crippen molar-refractivity contribution >= 4 is 23.4 Å². The second-order valence-electron chi connectivity index (χ2n) is 5.98. The van der Waals surface area contributed by atoms with Crippen LogP contribution in [0.3, 0.4) is 0 Å². The Bertz CT molecular complexity index is 759. The normalized spacial score (nSPS) is 17.4. The van der Waals surface area contributed by atoms with E-state index in [-0.39, 0.29) is 11.8 Å². The molecule has 1 N–H and O–H groups in total. The Balaban J connectivity index is 1.65. The summed E-state index contributed by atoms with van der Waals surface area (Å²) in [6.45, 7) is 0.436. The molecule has 1 aliphatic heterocycles. The second-order valence-corrected chi connectivity index (χ2v) is 6.42. The van der Waals surface area contributed by atoms with Crippen LogP contribution in [0.15, 0.2) is 36.7 Å². The van der Waals surface area contributed by atoms with Gasteiger partial charge in [-0.2, -0.15) is 5.10 Å². The summed E-state index contributed by atoms with van der Waals surface area (Å²) in [7, 11) is 1.74. The minimum absolute atomic E-state index is 0.0539. The van der Waals surface area contributed by atoms with Gasteiger partial charge in [0.1, 0.15) is 6.04 Å². The molecule has 6 nitrogen and oxygen atoms in total. The zero-order valence-corrected chi connectivity index (χ0v) is 14.2. The number of carbonyl (C=O) groups is 2. The molecule has 7 heteroatoms. The highest BCUT2D eigenvalue weighted by atomic mass is 35.5. The predicted molar refractivity (Wildman–Crippen MR) is 90.8 cm³/mol. The number of carbonyl (C=O) groups excluding carboxylic acids is 2. The molecule has 2 heterocycles. The molecule has 24 heavy (non-hydrogen) atoms. The molecule has 2 aromatic rings. The van der Waals surface area contributed by atoms with Gasteiger partial charge >= 0.3 is 0 Å². The van der Waals surface area contributed by atoms with E-state index in [1.54, 1.807) is 28.9 Å². The van der Waals surface area contributed by atoms with Crippen molar-refractivity contribution in [1.82, 2.24) is 20.0 Å². The third-order valence-corrected chi connectivity index (χ3v) is 4.27.